The first-order chi connectivity index (χ1) is 11.2. The minimum Gasteiger partial charge on any atom is -0.493 e. The summed E-state index contributed by atoms with van der Waals surface area (Å²) in [5, 5.41) is 0. The van der Waals surface area contributed by atoms with Gasteiger partial charge in [0.25, 0.3) is 0 Å². The fraction of sp³-hybridized carbons (Fsp3) is 0.350. The summed E-state index contributed by atoms with van der Waals surface area (Å²) in [6.45, 7) is 2.89. The van der Waals surface area contributed by atoms with Crippen LogP contribution in [-0.4, -0.2) is 12.5 Å². The number of amides is 1. The van der Waals surface area contributed by atoms with Crippen molar-refractivity contribution in [2.24, 2.45) is 5.73 Å². The third-order valence-electron chi connectivity index (χ3n) is 3.77. The molecule has 0 fully saturated rings. The molecule has 0 bridgehead atoms. The summed E-state index contributed by atoms with van der Waals surface area (Å²) in [7, 11) is 0. The number of primary amides is 1. The molecule has 0 aliphatic carbocycles. The van der Waals surface area contributed by atoms with Crippen molar-refractivity contribution in [2.45, 2.75) is 39.0 Å². The fourth-order valence-electron chi connectivity index (χ4n) is 2.50. The summed E-state index contributed by atoms with van der Waals surface area (Å²) in [5.41, 5.74) is 8.67. The van der Waals surface area contributed by atoms with Gasteiger partial charge in [-0.15, -0.1) is 0 Å². The first kappa shape index (κ1) is 17.1. The molecule has 2 aromatic rings. The van der Waals surface area contributed by atoms with Gasteiger partial charge in [0.2, 0.25) is 5.91 Å². The first-order valence-electron chi connectivity index (χ1n) is 8.30. The summed E-state index contributed by atoms with van der Waals surface area (Å²) < 4.78 is 5.96. The Morgan fingerprint density at radius 2 is 1.87 bits per heavy atom. The number of unbranched alkanes of at least 4 members (excludes halogenated alkanes) is 1. The lowest BCUT2D eigenvalue weighted by molar-refractivity contribution is -0.118. The van der Waals surface area contributed by atoms with Gasteiger partial charge in [0.05, 0.1) is 6.61 Å². The van der Waals surface area contributed by atoms with Gasteiger partial charge in [-0.2, -0.15) is 0 Å². The molecule has 2 aromatic carbocycles. The average molecular weight is 311 g/mol. The predicted molar refractivity (Wildman–Crippen MR) is 94.4 cm³/mol. The van der Waals surface area contributed by atoms with Gasteiger partial charge in [-0.25, -0.2) is 0 Å². The van der Waals surface area contributed by atoms with Crippen LogP contribution in [0.2, 0.25) is 0 Å². The van der Waals surface area contributed by atoms with Crippen LogP contribution in [0.5, 0.6) is 5.75 Å². The maximum absolute atomic E-state index is 10.9. The molecular formula is C20H25NO2. The lowest BCUT2D eigenvalue weighted by Crippen LogP contribution is -2.10. The van der Waals surface area contributed by atoms with Crippen LogP contribution in [0.3, 0.4) is 0 Å². The molecule has 0 aliphatic rings. The Hall–Kier alpha value is -2.29. The van der Waals surface area contributed by atoms with E-state index in [0.29, 0.717) is 6.42 Å². The van der Waals surface area contributed by atoms with Gasteiger partial charge in [0.15, 0.2) is 0 Å². The summed E-state index contributed by atoms with van der Waals surface area (Å²) in [6, 6.07) is 16.5. The second kappa shape index (κ2) is 8.99. The van der Waals surface area contributed by atoms with Gasteiger partial charge < -0.3 is 10.5 Å². The van der Waals surface area contributed by atoms with Crippen LogP contribution in [0.15, 0.2) is 48.5 Å². The third-order valence-corrected chi connectivity index (χ3v) is 3.77. The van der Waals surface area contributed by atoms with Crippen LogP contribution in [0.25, 0.3) is 11.1 Å². The highest BCUT2D eigenvalue weighted by Gasteiger charge is 2.08. The van der Waals surface area contributed by atoms with Crippen molar-refractivity contribution < 1.29 is 9.53 Å². The van der Waals surface area contributed by atoms with E-state index in [0.717, 1.165) is 49.2 Å². The SMILES string of the molecule is CCCCOc1ccc(CCCC(N)=O)cc1-c1ccccc1. The van der Waals surface area contributed by atoms with Crippen LogP contribution < -0.4 is 10.5 Å². The van der Waals surface area contributed by atoms with Crippen molar-refractivity contribution in [3.63, 3.8) is 0 Å². The van der Waals surface area contributed by atoms with E-state index < -0.39 is 0 Å². The zero-order valence-electron chi connectivity index (χ0n) is 13.8. The molecule has 23 heavy (non-hydrogen) atoms. The van der Waals surface area contributed by atoms with E-state index in [1.165, 1.54) is 5.56 Å². The number of carbonyl (C=O) groups excluding carboxylic acids is 1. The molecule has 0 saturated carbocycles. The number of benzene rings is 2. The van der Waals surface area contributed by atoms with E-state index in [1.807, 2.05) is 24.3 Å². The molecule has 122 valence electrons. The van der Waals surface area contributed by atoms with Gasteiger partial charge in [0.1, 0.15) is 5.75 Å². The maximum atomic E-state index is 10.9. The van der Waals surface area contributed by atoms with Crippen molar-refractivity contribution in [2.75, 3.05) is 6.61 Å². The number of nitrogens with two attached hydrogens (primary N) is 1. The van der Waals surface area contributed by atoms with Gasteiger partial charge in [-0.05, 0) is 42.5 Å². The molecule has 3 heteroatoms. The standard InChI is InChI=1S/C20H25NO2/c1-2-3-14-23-19-13-12-16(8-7-11-20(21)22)15-18(19)17-9-5-4-6-10-17/h4-6,9-10,12-13,15H,2-3,7-8,11,14H2,1H3,(H2,21,22). The molecule has 3 nitrogen and oxygen atoms in total. The molecule has 2 rings (SSSR count). The number of ether oxygens (including phenoxy) is 1. The lowest BCUT2D eigenvalue weighted by Gasteiger charge is -2.13. The smallest absolute Gasteiger partial charge is 0.217 e. The lowest BCUT2D eigenvalue weighted by atomic mass is 9.99. The second-order valence-corrected chi connectivity index (χ2v) is 5.72. The number of hydrogen-bond donors (Lipinski definition) is 1. The van der Waals surface area contributed by atoms with E-state index >= 15 is 0 Å². The third kappa shape index (κ3) is 5.44. The number of rotatable bonds is 9. The molecule has 0 aliphatic heterocycles. The highest BCUT2D eigenvalue weighted by molar-refractivity contribution is 5.74. The average Bonchev–Trinajstić information content (AvgIpc) is 2.56. The Bertz CT molecular complexity index is 623. The molecule has 1 amide bonds. The molecule has 0 radical (unpaired) electrons. The Balaban J connectivity index is 2.19. The van der Waals surface area contributed by atoms with Crippen molar-refractivity contribution in [1.29, 1.82) is 0 Å². The Morgan fingerprint density at radius 1 is 1.09 bits per heavy atom. The molecular weight excluding hydrogens is 286 g/mol. The highest BCUT2D eigenvalue weighted by Crippen LogP contribution is 2.31. The van der Waals surface area contributed by atoms with Crippen molar-refractivity contribution in [3.05, 3.63) is 54.1 Å². The van der Waals surface area contributed by atoms with E-state index in [2.05, 4.69) is 31.2 Å². The summed E-state index contributed by atoms with van der Waals surface area (Å²) in [4.78, 5) is 10.9. The van der Waals surface area contributed by atoms with Crippen molar-refractivity contribution in [3.8, 4) is 16.9 Å². The monoisotopic (exact) mass is 311 g/mol. The van der Waals surface area contributed by atoms with Crippen molar-refractivity contribution in [1.82, 2.24) is 0 Å². The van der Waals surface area contributed by atoms with E-state index in [-0.39, 0.29) is 5.91 Å². The largest absolute Gasteiger partial charge is 0.493 e. The molecule has 0 heterocycles. The van der Waals surface area contributed by atoms with Crippen LogP contribution in [0.1, 0.15) is 38.2 Å². The van der Waals surface area contributed by atoms with Gasteiger partial charge in [0, 0.05) is 12.0 Å². The quantitative estimate of drug-likeness (QED) is 0.700. The summed E-state index contributed by atoms with van der Waals surface area (Å²) in [6.07, 6.45) is 4.22. The van der Waals surface area contributed by atoms with Gasteiger partial charge >= 0.3 is 0 Å². The molecule has 0 unspecified atom stereocenters. The minimum atomic E-state index is -0.243. The molecule has 0 saturated heterocycles. The Kier molecular flexibility index (Phi) is 6.67. The van der Waals surface area contributed by atoms with Gasteiger partial charge in [-0.1, -0.05) is 49.7 Å². The fourth-order valence-corrected chi connectivity index (χ4v) is 2.50. The molecule has 0 aromatic heterocycles. The van der Waals surface area contributed by atoms with E-state index in [1.54, 1.807) is 0 Å². The zero-order valence-corrected chi connectivity index (χ0v) is 13.8. The Morgan fingerprint density at radius 3 is 2.57 bits per heavy atom. The van der Waals surface area contributed by atoms with Crippen molar-refractivity contribution >= 4 is 5.91 Å². The first-order valence-corrected chi connectivity index (χ1v) is 8.30. The van der Waals surface area contributed by atoms with Crippen LogP contribution >= 0.6 is 0 Å². The Labute approximate surface area is 138 Å². The second-order valence-electron chi connectivity index (χ2n) is 5.72. The predicted octanol–water partition coefficient (Wildman–Crippen LogP) is 4.34. The zero-order chi connectivity index (χ0) is 16.5. The normalized spacial score (nSPS) is 10.5. The summed E-state index contributed by atoms with van der Waals surface area (Å²) >= 11 is 0. The number of carbonyl (C=O) groups is 1. The molecule has 0 atom stereocenters. The highest BCUT2D eigenvalue weighted by atomic mass is 16.5. The van der Waals surface area contributed by atoms with Crippen LogP contribution in [-0.2, 0) is 11.2 Å². The van der Waals surface area contributed by atoms with Gasteiger partial charge in [-0.3, -0.25) is 4.79 Å². The van der Waals surface area contributed by atoms with Crippen LogP contribution in [0.4, 0.5) is 0 Å². The van der Waals surface area contributed by atoms with E-state index in [9.17, 15) is 4.79 Å². The maximum Gasteiger partial charge on any atom is 0.217 e. The number of hydrogen-bond acceptors (Lipinski definition) is 2. The summed E-state index contributed by atoms with van der Waals surface area (Å²) in [5.74, 6) is 0.677. The topological polar surface area (TPSA) is 52.3 Å². The van der Waals surface area contributed by atoms with Crippen LogP contribution in [0, 0.1) is 0 Å². The molecule has 2 N–H and O–H groups in total. The minimum absolute atomic E-state index is 0.243. The molecule has 0 spiro atoms. The number of aryl methyl sites for hydroxylation is 1. The van der Waals surface area contributed by atoms with E-state index in [4.69, 9.17) is 10.5 Å².